The van der Waals surface area contributed by atoms with E-state index in [2.05, 4.69) is 12.0 Å². The molecular weight excluding hydrogens is 433 g/mol. The van der Waals surface area contributed by atoms with Crippen molar-refractivity contribution in [2.24, 2.45) is 13.0 Å². The highest BCUT2D eigenvalue weighted by molar-refractivity contribution is 6.36. The molecule has 31 heavy (non-hydrogen) atoms. The lowest BCUT2D eigenvalue weighted by molar-refractivity contribution is 0.0230. The van der Waals surface area contributed by atoms with E-state index in [-0.39, 0.29) is 18.0 Å². The van der Waals surface area contributed by atoms with Gasteiger partial charge in [-0.25, -0.2) is 9.97 Å². The van der Waals surface area contributed by atoms with E-state index >= 15 is 0 Å². The highest BCUT2D eigenvalue weighted by Crippen LogP contribution is 2.46. The minimum absolute atomic E-state index is 0.0620. The molecule has 0 saturated carbocycles. The normalized spacial score (nSPS) is 22.4. The first kappa shape index (κ1) is 20.5. The number of carbonyl (C=O) groups excluding carboxylic acids is 1. The van der Waals surface area contributed by atoms with Gasteiger partial charge >= 0.3 is 0 Å². The third-order valence-electron chi connectivity index (χ3n) is 6.50. The molecule has 0 radical (unpaired) electrons. The SMILES string of the molecule is Cc1nc(-c2cnn(C)c2)c2c(n1)[C@H]1CC[C@H](C)[C@@H](C2)N1C(=O)c1ccc(Cl)cc1Cl. The fourth-order valence-corrected chi connectivity index (χ4v) is 5.49. The van der Waals surface area contributed by atoms with Crippen molar-refractivity contribution in [1.82, 2.24) is 24.6 Å². The summed E-state index contributed by atoms with van der Waals surface area (Å²) in [6, 6.07) is 5.02. The van der Waals surface area contributed by atoms with Gasteiger partial charge in [-0.3, -0.25) is 9.48 Å². The van der Waals surface area contributed by atoms with Crippen LogP contribution in [0.25, 0.3) is 11.3 Å². The van der Waals surface area contributed by atoms with Gasteiger partial charge in [-0.2, -0.15) is 5.10 Å². The van der Waals surface area contributed by atoms with Crippen LogP contribution in [0.4, 0.5) is 0 Å². The Labute approximate surface area is 191 Å². The number of halogens is 2. The Balaban J connectivity index is 1.64. The topological polar surface area (TPSA) is 63.9 Å². The molecule has 0 unspecified atom stereocenters. The summed E-state index contributed by atoms with van der Waals surface area (Å²) in [5.74, 6) is 1.00. The van der Waals surface area contributed by atoms with Gasteiger partial charge in [-0.15, -0.1) is 0 Å². The summed E-state index contributed by atoms with van der Waals surface area (Å²) < 4.78 is 1.78. The van der Waals surface area contributed by atoms with Crippen LogP contribution < -0.4 is 0 Å². The second-order valence-corrected chi connectivity index (χ2v) is 9.41. The molecular formula is C23H23Cl2N5O. The smallest absolute Gasteiger partial charge is 0.256 e. The molecule has 3 atom stereocenters. The van der Waals surface area contributed by atoms with Crippen LogP contribution in [0.15, 0.2) is 30.6 Å². The second kappa shape index (κ2) is 7.61. The van der Waals surface area contributed by atoms with Crippen molar-refractivity contribution in [3.63, 3.8) is 0 Å². The van der Waals surface area contributed by atoms with E-state index in [1.54, 1.807) is 22.9 Å². The first-order valence-corrected chi connectivity index (χ1v) is 11.2. The van der Waals surface area contributed by atoms with E-state index in [0.29, 0.717) is 33.8 Å². The predicted octanol–water partition coefficient (Wildman–Crippen LogP) is 5.03. The van der Waals surface area contributed by atoms with Gasteiger partial charge in [0.15, 0.2) is 0 Å². The maximum absolute atomic E-state index is 13.7. The minimum Gasteiger partial charge on any atom is -0.326 e. The van der Waals surface area contributed by atoms with Gasteiger partial charge in [0.2, 0.25) is 0 Å². The van der Waals surface area contributed by atoms with Crippen LogP contribution in [0.5, 0.6) is 0 Å². The Bertz CT molecular complexity index is 1190. The third-order valence-corrected chi connectivity index (χ3v) is 7.05. The zero-order valence-electron chi connectivity index (χ0n) is 17.6. The summed E-state index contributed by atoms with van der Waals surface area (Å²) >= 11 is 12.5. The van der Waals surface area contributed by atoms with Gasteiger partial charge in [0.25, 0.3) is 5.91 Å². The van der Waals surface area contributed by atoms with E-state index in [1.165, 1.54) is 0 Å². The van der Waals surface area contributed by atoms with Crippen LogP contribution in [-0.2, 0) is 13.5 Å². The standard InChI is InChI=1S/C23H23Cl2N5O/c1-12-4-7-19-22-17(21(27-13(2)28-22)14-10-26-29(3)11-14)9-20(12)30(19)23(31)16-6-5-15(24)8-18(16)25/h5-6,8,10-12,19-20H,4,7,9H2,1-3H3/t12-,19+,20+/m0/s1. The van der Waals surface area contributed by atoms with Crippen molar-refractivity contribution in [2.75, 3.05) is 0 Å². The molecule has 2 aromatic heterocycles. The van der Waals surface area contributed by atoms with Crippen LogP contribution >= 0.6 is 23.2 Å². The van der Waals surface area contributed by atoms with E-state index in [1.807, 2.05) is 31.3 Å². The molecule has 0 spiro atoms. The number of piperidine rings is 1. The summed E-state index contributed by atoms with van der Waals surface area (Å²) in [6.07, 6.45) is 6.45. The minimum atomic E-state index is -0.0960. The molecule has 1 aromatic carbocycles. The van der Waals surface area contributed by atoms with Gasteiger partial charge in [0, 0.05) is 35.4 Å². The summed E-state index contributed by atoms with van der Waals surface area (Å²) in [6.45, 7) is 4.12. The zero-order chi connectivity index (χ0) is 21.9. The number of fused-ring (bicyclic) bond motifs is 4. The second-order valence-electron chi connectivity index (χ2n) is 8.56. The third kappa shape index (κ3) is 3.42. The number of amides is 1. The molecule has 160 valence electrons. The highest BCUT2D eigenvalue weighted by atomic mass is 35.5. The molecule has 6 nitrogen and oxygen atoms in total. The Morgan fingerprint density at radius 1 is 1.19 bits per heavy atom. The number of carbonyl (C=O) groups is 1. The van der Waals surface area contributed by atoms with E-state index in [9.17, 15) is 4.79 Å². The first-order valence-electron chi connectivity index (χ1n) is 10.5. The van der Waals surface area contributed by atoms with Crippen molar-refractivity contribution in [2.45, 2.75) is 45.2 Å². The van der Waals surface area contributed by atoms with Crippen molar-refractivity contribution < 1.29 is 4.79 Å². The zero-order valence-corrected chi connectivity index (χ0v) is 19.2. The van der Waals surface area contributed by atoms with Crippen LogP contribution in [0.1, 0.15) is 53.2 Å². The lowest BCUT2D eigenvalue weighted by Crippen LogP contribution is -2.53. The molecule has 2 bridgehead atoms. The molecule has 8 heteroatoms. The predicted molar refractivity (Wildman–Crippen MR) is 120 cm³/mol. The van der Waals surface area contributed by atoms with Crippen LogP contribution in [0.3, 0.4) is 0 Å². The number of aromatic nitrogens is 4. The number of hydrogen-bond donors (Lipinski definition) is 0. The fourth-order valence-electron chi connectivity index (χ4n) is 5.01. The molecule has 5 rings (SSSR count). The fraction of sp³-hybridized carbons (Fsp3) is 0.391. The first-order chi connectivity index (χ1) is 14.8. The van der Waals surface area contributed by atoms with Crippen LogP contribution in [0.2, 0.25) is 10.0 Å². The van der Waals surface area contributed by atoms with Gasteiger partial charge in [0.05, 0.1) is 34.2 Å². The molecule has 0 aliphatic carbocycles. The molecule has 2 aliphatic rings. The number of hydrogen-bond acceptors (Lipinski definition) is 4. The van der Waals surface area contributed by atoms with E-state index in [4.69, 9.17) is 33.2 Å². The average Bonchev–Trinajstić information content (AvgIpc) is 3.16. The molecule has 4 heterocycles. The number of nitrogens with zero attached hydrogens (tertiary/aromatic N) is 5. The summed E-state index contributed by atoms with van der Waals surface area (Å²) in [5, 5.41) is 5.22. The summed E-state index contributed by atoms with van der Waals surface area (Å²) in [5.41, 5.74) is 4.48. The Morgan fingerprint density at radius 2 is 2.00 bits per heavy atom. The maximum atomic E-state index is 13.7. The lowest BCUT2D eigenvalue weighted by Gasteiger charge is -2.49. The molecule has 1 fully saturated rings. The largest absolute Gasteiger partial charge is 0.326 e. The van der Waals surface area contributed by atoms with Gasteiger partial charge in [-0.1, -0.05) is 30.1 Å². The molecule has 1 saturated heterocycles. The summed E-state index contributed by atoms with van der Waals surface area (Å²) in [4.78, 5) is 25.3. The van der Waals surface area contributed by atoms with Crippen molar-refractivity contribution >= 4 is 29.1 Å². The Kier molecular flexibility index (Phi) is 5.02. The monoisotopic (exact) mass is 455 g/mol. The van der Waals surface area contributed by atoms with Gasteiger partial charge in [-0.05, 0) is 50.3 Å². The average molecular weight is 456 g/mol. The van der Waals surface area contributed by atoms with Crippen LogP contribution in [-0.4, -0.2) is 36.6 Å². The quantitative estimate of drug-likeness (QED) is 0.543. The number of benzene rings is 1. The Hall–Kier alpha value is -2.44. The van der Waals surface area contributed by atoms with Crippen molar-refractivity contribution in [1.29, 1.82) is 0 Å². The number of aryl methyl sites for hydroxylation is 2. The molecule has 2 aliphatic heterocycles. The van der Waals surface area contributed by atoms with E-state index in [0.717, 1.165) is 35.4 Å². The van der Waals surface area contributed by atoms with E-state index < -0.39 is 0 Å². The van der Waals surface area contributed by atoms with Gasteiger partial charge < -0.3 is 4.90 Å². The maximum Gasteiger partial charge on any atom is 0.256 e. The highest BCUT2D eigenvalue weighted by Gasteiger charge is 2.45. The molecule has 3 aromatic rings. The number of rotatable bonds is 2. The molecule has 1 amide bonds. The van der Waals surface area contributed by atoms with Crippen LogP contribution in [0, 0.1) is 12.8 Å². The summed E-state index contributed by atoms with van der Waals surface area (Å²) in [7, 11) is 1.90. The van der Waals surface area contributed by atoms with Crippen molar-refractivity contribution in [3.05, 3.63) is 63.3 Å². The van der Waals surface area contributed by atoms with Gasteiger partial charge in [0.1, 0.15) is 5.82 Å². The molecule has 0 N–H and O–H groups in total. The Morgan fingerprint density at radius 3 is 2.71 bits per heavy atom. The van der Waals surface area contributed by atoms with Crippen molar-refractivity contribution in [3.8, 4) is 11.3 Å². The lowest BCUT2D eigenvalue weighted by atomic mass is 9.76.